The number of nitrogens with zero attached hydrogens (tertiary/aromatic N) is 2. The maximum Gasteiger partial charge on any atom is 0.244 e. The first-order valence-electron chi connectivity index (χ1n) is 6.00. The molecule has 0 bridgehead atoms. The minimum Gasteiger partial charge on any atom is -0.508 e. The summed E-state index contributed by atoms with van der Waals surface area (Å²) in [6.07, 6.45) is 0.949. The quantitative estimate of drug-likeness (QED) is 0.867. The van der Waals surface area contributed by atoms with E-state index < -0.39 is 0 Å². The number of aromatic hydroxyl groups is 1. The molecule has 0 radical (unpaired) electrons. The zero-order chi connectivity index (χ0) is 13.1. The standard InChI is InChI=1S/C13H17N3O2/c1-3-8(2)11(14)13-15-12(16-18-13)9-5-4-6-10(17)7-9/h4-8,11,17H,3,14H2,1-2H3/t8?,11-/m0/s1. The van der Waals surface area contributed by atoms with Crippen LogP contribution in [0.15, 0.2) is 28.8 Å². The number of phenols is 1. The molecule has 3 N–H and O–H groups in total. The molecule has 5 heteroatoms. The van der Waals surface area contributed by atoms with E-state index in [-0.39, 0.29) is 17.7 Å². The van der Waals surface area contributed by atoms with Gasteiger partial charge in [0.25, 0.3) is 0 Å². The average molecular weight is 247 g/mol. The first kappa shape index (κ1) is 12.6. The Kier molecular flexibility index (Phi) is 3.62. The second-order valence-corrected chi connectivity index (χ2v) is 4.42. The van der Waals surface area contributed by atoms with Gasteiger partial charge in [0.15, 0.2) is 0 Å². The summed E-state index contributed by atoms with van der Waals surface area (Å²) in [6, 6.07) is 6.46. The second kappa shape index (κ2) is 5.18. The molecule has 0 amide bonds. The van der Waals surface area contributed by atoms with E-state index in [4.69, 9.17) is 10.3 Å². The number of phenolic OH excluding ortho intramolecular Hbond substituents is 1. The third-order valence-electron chi connectivity index (χ3n) is 3.09. The van der Waals surface area contributed by atoms with Gasteiger partial charge in [-0.25, -0.2) is 0 Å². The van der Waals surface area contributed by atoms with Crippen molar-refractivity contribution in [2.24, 2.45) is 11.7 Å². The third-order valence-corrected chi connectivity index (χ3v) is 3.09. The van der Waals surface area contributed by atoms with Gasteiger partial charge in [-0.15, -0.1) is 0 Å². The summed E-state index contributed by atoms with van der Waals surface area (Å²) in [4.78, 5) is 4.28. The fourth-order valence-corrected chi connectivity index (χ4v) is 1.63. The van der Waals surface area contributed by atoms with Crippen molar-refractivity contribution in [2.45, 2.75) is 26.3 Å². The minimum absolute atomic E-state index is 0.171. The maximum absolute atomic E-state index is 9.41. The van der Waals surface area contributed by atoms with Crippen molar-refractivity contribution in [1.29, 1.82) is 0 Å². The highest BCUT2D eigenvalue weighted by atomic mass is 16.5. The molecule has 0 saturated carbocycles. The summed E-state index contributed by atoms with van der Waals surface area (Å²) in [5.41, 5.74) is 6.73. The minimum atomic E-state index is -0.256. The summed E-state index contributed by atoms with van der Waals surface area (Å²) in [7, 11) is 0. The van der Waals surface area contributed by atoms with Gasteiger partial charge in [0.1, 0.15) is 5.75 Å². The van der Waals surface area contributed by atoms with Crippen LogP contribution in [-0.4, -0.2) is 15.2 Å². The van der Waals surface area contributed by atoms with Crippen molar-refractivity contribution in [3.63, 3.8) is 0 Å². The number of benzene rings is 1. The Hall–Kier alpha value is -1.88. The zero-order valence-corrected chi connectivity index (χ0v) is 10.5. The lowest BCUT2D eigenvalue weighted by Crippen LogP contribution is -2.18. The van der Waals surface area contributed by atoms with Crippen molar-refractivity contribution in [3.8, 4) is 17.1 Å². The molecule has 1 unspecified atom stereocenters. The van der Waals surface area contributed by atoms with Gasteiger partial charge in [0.05, 0.1) is 6.04 Å². The van der Waals surface area contributed by atoms with Crippen molar-refractivity contribution in [3.05, 3.63) is 30.2 Å². The lowest BCUT2D eigenvalue weighted by molar-refractivity contribution is 0.312. The molecule has 2 rings (SSSR count). The number of hydrogen-bond donors (Lipinski definition) is 2. The topological polar surface area (TPSA) is 85.2 Å². The van der Waals surface area contributed by atoms with Crippen LogP contribution in [0.4, 0.5) is 0 Å². The Morgan fingerprint density at radius 2 is 2.22 bits per heavy atom. The number of aromatic nitrogens is 2. The summed E-state index contributed by atoms with van der Waals surface area (Å²) in [5.74, 6) is 1.33. The number of hydrogen-bond acceptors (Lipinski definition) is 5. The highest BCUT2D eigenvalue weighted by Gasteiger charge is 2.20. The van der Waals surface area contributed by atoms with Crippen LogP contribution in [0.1, 0.15) is 32.2 Å². The fraction of sp³-hybridized carbons (Fsp3) is 0.385. The SMILES string of the molecule is CCC(C)[C@H](N)c1nc(-c2cccc(O)c2)no1. The van der Waals surface area contributed by atoms with E-state index in [1.807, 2.05) is 13.0 Å². The van der Waals surface area contributed by atoms with E-state index >= 15 is 0 Å². The molecular formula is C13H17N3O2. The summed E-state index contributed by atoms with van der Waals surface area (Å²) >= 11 is 0. The Balaban J connectivity index is 2.25. The Morgan fingerprint density at radius 1 is 1.44 bits per heavy atom. The predicted octanol–water partition coefficient (Wildman–Crippen LogP) is 2.49. The molecule has 0 saturated heterocycles. The first-order valence-corrected chi connectivity index (χ1v) is 6.00. The molecular weight excluding hydrogens is 230 g/mol. The fourth-order valence-electron chi connectivity index (χ4n) is 1.63. The molecule has 1 heterocycles. The van der Waals surface area contributed by atoms with Crippen molar-refractivity contribution in [2.75, 3.05) is 0 Å². The van der Waals surface area contributed by atoms with Crippen molar-refractivity contribution in [1.82, 2.24) is 10.1 Å². The third kappa shape index (κ3) is 2.51. The van der Waals surface area contributed by atoms with Crippen LogP contribution in [0.5, 0.6) is 5.75 Å². The van der Waals surface area contributed by atoms with E-state index in [2.05, 4.69) is 17.1 Å². The van der Waals surface area contributed by atoms with Gasteiger partial charge in [0, 0.05) is 5.56 Å². The molecule has 5 nitrogen and oxygen atoms in total. The number of rotatable bonds is 4. The van der Waals surface area contributed by atoms with Gasteiger partial charge in [-0.2, -0.15) is 4.98 Å². The molecule has 2 atom stereocenters. The molecule has 0 fully saturated rings. The molecule has 18 heavy (non-hydrogen) atoms. The molecule has 0 aliphatic rings. The zero-order valence-electron chi connectivity index (χ0n) is 10.5. The van der Waals surface area contributed by atoms with Crippen LogP contribution in [-0.2, 0) is 0 Å². The molecule has 0 aliphatic heterocycles. The van der Waals surface area contributed by atoms with E-state index in [1.54, 1.807) is 18.2 Å². The van der Waals surface area contributed by atoms with Crippen LogP contribution >= 0.6 is 0 Å². The van der Waals surface area contributed by atoms with E-state index in [0.717, 1.165) is 6.42 Å². The monoisotopic (exact) mass is 247 g/mol. The molecule has 0 spiro atoms. The van der Waals surface area contributed by atoms with E-state index in [1.165, 1.54) is 0 Å². The lowest BCUT2D eigenvalue weighted by Gasteiger charge is -2.12. The van der Waals surface area contributed by atoms with Gasteiger partial charge in [-0.3, -0.25) is 0 Å². The second-order valence-electron chi connectivity index (χ2n) is 4.42. The van der Waals surface area contributed by atoms with Gasteiger partial charge in [0.2, 0.25) is 11.7 Å². The van der Waals surface area contributed by atoms with Gasteiger partial charge < -0.3 is 15.4 Å². The van der Waals surface area contributed by atoms with Crippen molar-refractivity contribution >= 4 is 0 Å². The Morgan fingerprint density at radius 3 is 2.89 bits per heavy atom. The van der Waals surface area contributed by atoms with Crippen molar-refractivity contribution < 1.29 is 9.63 Å². The van der Waals surface area contributed by atoms with Crippen LogP contribution in [0.2, 0.25) is 0 Å². The van der Waals surface area contributed by atoms with Gasteiger partial charge >= 0.3 is 0 Å². The molecule has 2 aromatic rings. The van der Waals surface area contributed by atoms with Gasteiger partial charge in [-0.1, -0.05) is 37.6 Å². The summed E-state index contributed by atoms with van der Waals surface area (Å²) in [6.45, 7) is 4.11. The maximum atomic E-state index is 9.41. The van der Waals surface area contributed by atoms with Crippen LogP contribution < -0.4 is 5.73 Å². The smallest absolute Gasteiger partial charge is 0.244 e. The Labute approximate surface area is 106 Å². The Bertz CT molecular complexity index is 524. The molecule has 1 aromatic heterocycles. The van der Waals surface area contributed by atoms with E-state index in [0.29, 0.717) is 17.3 Å². The largest absolute Gasteiger partial charge is 0.508 e. The van der Waals surface area contributed by atoms with Crippen LogP contribution in [0.25, 0.3) is 11.4 Å². The van der Waals surface area contributed by atoms with Crippen LogP contribution in [0, 0.1) is 5.92 Å². The molecule has 96 valence electrons. The van der Waals surface area contributed by atoms with Crippen LogP contribution in [0.3, 0.4) is 0 Å². The number of nitrogens with two attached hydrogens (primary N) is 1. The van der Waals surface area contributed by atoms with E-state index in [9.17, 15) is 5.11 Å². The lowest BCUT2D eigenvalue weighted by atomic mass is 10.0. The summed E-state index contributed by atoms with van der Waals surface area (Å²) in [5, 5.41) is 13.3. The predicted molar refractivity (Wildman–Crippen MR) is 67.8 cm³/mol. The summed E-state index contributed by atoms with van der Waals surface area (Å²) < 4.78 is 5.18. The highest BCUT2D eigenvalue weighted by molar-refractivity contribution is 5.56. The first-order chi connectivity index (χ1) is 8.61. The average Bonchev–Trinajstić information content (AvgIpc) is 2.86. The van der Waals surface area contributed by atoms with Gasteiger partial charge in [-0.05, 0) is 18.1 Å². The molecule has 1 aromatic carbocycles. The highest BCUT2D eigenvalue weighted by Crippen LogP contribution is 2.24. The molecule has 0 aliphatic carbocycles. The normalized spacial score (nSPS) is 14.4.